The molecule has 0 aliphatic heterocycles. The predicted molar refractivity (Wildman–Crippen MR) is 67.3 cm³/mol. The van der Waals surface area contributed by atoms with Crippen molar-refractivity contribution in [1.29, 1.82) is 0 Å². The second-order valence-corrected chi connectivity index (χ2v) is 4.06. The molecule has 0 amide bonds. The molecule has 16 heavy (non-hydrogen) atoms. The van der Waals surface area contributed by atoms with E-state index in [1.54, 1.807) is 6.92 Å². The fourth-order valence-electron chi connectivity index (χ4n) is 2.60. The minimum atomic E-state index is -0.646. The predicted octanol–water partition coefficient (Wildman–Crippen LogP) is 0.739. The molecule has 4 nitrogen and oxygen atoms in total. The molecule has 0 saturated heterocycles. The van der Waals surface area contributed by atoms with E-state index in [0.29, 0.717) is 0 Å². The second kappa shape index (κ2) is 7.22. The molecular weight excluding hydrogens is 204 g/mol. The van der Waals surface area contributed by atoms with Crippen molar-refractivity contribution in [3.63, 3.8) is 0 Å². The van der Waals surface area contributed by atoms with Crippen LogP contribution in [0.2, 0.25) is 0 Å². The van der Waals surface area contributed by atoms with Gasteiger partial charge in [-0.1, -0.05) is 27.7 Å². The van der Waals surface area contributed by atoms with Crippen LogP contribution >= 0.6 is 0 Å². The van der Waals surface area contributed by atoms with Crippen molar-refractivity contribution in [2.45, 2.75) is 46.4 Å². The van der Waals surface area contributed by atoms with Crippen LogP contribution in [0.5, 0.6) is 0 Å². The first-order valence-electron chi connectivity index (χ1n) is 6.33. The van der Waals surface area contributed by atoms with E-state index < -0.39 is 11.8 Å². The molecule has 0 spiro atoms. The highest BCUT2D eigenvalue weighted by Gasteiger charge is 2.43. The summed E-state index contributed by atoms with van der Waals surface area (Å²) in [5.74, 6) is 0. The van der Waals surface area contributed by atoms with Gasteiger partial charge in [0.05, 0.1) is 12.7 Å². The van der Waals surface area contributed by atoms with Gasteiger partial charge >= 0.3 is 0 Å². The van der Waals surface area contributed by atoms with Gasteiger partial charge in [-0.15, -0.1) is 0 Å². The number of likely N-dealkylation sites (N-methyl/N-ethyl adjacent to an activating group) is 2. The normalized spacial score (nSPS) is 14.8. The summed E-state index contributed by atoms with van der Waals surface area (Å²) in [6.07, 6.45) is -0.586. The van der Waals surface area contributed by atoms with Gasteiger partial charge in [0, 0.05) is 0 Å². The summed E-state index contributed by atoms with van der Waals surface area (Å²) in [7, 11) is 0. The Kier molecular flexibility index (Phi) is 7.15. The maximum absolute atomic E-state index is 10.1. The molecule has 0 saturated carbocycles. The Morgan fingerprint density at radius 3 is 1.38 bits per heavy atom. The molecule has 0 fully saturated rings. The first-order chi connectivity index (χ1) is 7.54. The van der Waals surface area contributed by atoms with Crippen LogP contribution in [0.15, 0.2) is 0 Å². The van der Waals surface area contributed by atoms with Gasteiger partial charge in [-0.3, -0.25) is 9.80 Å². The number of rotatable bonds is 8. The molecule has 0 radical (unpaired) electrons. The molecule has 0 heterocycles. The van der Waals surface area contributed by atoms with Crippen molar-refractivity contribution in [3.8, 4) is 0 Å². The smallest absolute Gasteiger partial charge is 0.124 e. The first kappa shape index (κ1) is 15.8. The van der Waals surface area contributed by atoms with Crippen LogP contribution in [0, 0.1) is 0 Å². The zero-order valence-corrected chi connectivity index (χ0v) is 11.4. The van der Waals surface area contributed by atoms with Crippen molar-refractivity contribution in [1.82, 2.24) is 9.80 Å². The van der Waals surface area contributed by atoms with Gasteiger partial charge < -0.3 is 10.2 Å². The van der Waals surface area contributed by atoms with Crippen LogP contribution in [0.3, 0.4) is 0 Å². The van der Waals surface area contributed by atoms with Crippen LogP contribution in [-0.4, -0.2) is 64.6 Å². The van der Waals surface area contributed by atoms with Gasteiger partial charge in [0.1, 0.15) is 5.66 Å². The quantitative estimate of drug-likeness (QED) is 0.606. The lowest BCUT2D eigenvalue weighted by Gasteiger charge is -2.51. The maximum atomic E-state index is 10.1. The number of hydrogen-bond acceptors (Lipinski definition) is 4. The molecule has 0 aromatic carbocycles. The van der Waals surface area contributed by atoms with Gasteiger partial charge in [-0.2, -0.15) is 0 Å². The van der Waals surface area contributed by atoms with E-state index in [2.05, 4.69) is 37.5 Å². The van der Waals surface area contributed by atoms with E-state index in [1.807, 2.05) is 0 Å². The van der Waals surface area contributed by atoms with E-state index >= 15 is 0 Å². The molecule has 0 aliphatic rings. The zero-order valence-electron chi connectivity index (χ0n) is 11.4. The summed E-state index contributed by atoms with van der Waals surface area (Å²) in [4.78, 5) is 4.26. The average molecular weight is 232 g/mol. The topological polar surface area (TPSA) is 46.9 Å². The van der Waals surface area contributed by atoms with Gasteiger partial charge in [0.25, 0.3) is 0 Å². The standard InChI is InChI=1S/C12H28N2O2/c1-6-13(7-2)12(10-15,11(5)16)14(8-3)9-4/h11,15-16H,6-10H2,1-5H3. The highest BCUT2D eigenvalue weighted by atomic mass is 16.3. The van der Waals surface area contributed by atoms with Gasteiger partial charge in [-0.25, -0.2) is 0 Å². The van der Waals surface area contributed by atoms with Gasteiger partial charge in [-0.05, 0) is 33.1 Å². The number of aliphatic hydroxyl groups is 2. The Morgan fingerprint density at radius 2 is 1.25 bits per heavy atom. The minimum absolute atomic E-state index is 0.0476. The summed E-state index contributed by atoms with van der Waals surface area (Å²) >= 11 is 0. The highest BCUT2D eigenvalue weighted by molar-refractivity contribution is 4.93. The molecular formula is C12H28N2O2. The van der Waals surface area contributed by atoms with E-state index in [9.17, 15) is 10.2 Å². The van der Waals surface area contributed by atoms with Crippen LogP contribution in [0.25, 0.3) is 0 Å². The van der Waals surface area contributed by atoms with E-state index in [-0.39, 0.29) is 6.61 Å². The van der Waals surface area contributed by atoms with Gasteiger partial charge in [0.2, 0.25) is 0 Å². The van der Waals surface area contributed by atoms with Gasteiger partial charge in [0.15, 0.2) is 0 Å². The molecule has 0 bridgehead atoms. The fraction of sp³-hybridized carbons (Fsp3) is 1.00. The summed E-state index contributed by atoms with van der Waals surface area (Å²) in [6, 6.07) is 0. The maximum Gasteiger partial charge on any atom is 0.124 e. The third-order valence-corrected chi connectivity index (χ3v) is 3.52. The molecule has 1 atom stereocenters. The molecule has 1 unspecified atom stereocenters. The van der Waals surface area contributed by atoms with E-state index in [4.69, 9.17) is 0 Å². The number of nitrogens with zero attached hydrogens (tertiary/aromatic N) is 2. The second-order valence-electron chi connectivity index (χ2n) is 4.06. The van der Waals surface area contributed by atoms with Crippen molar-refractivity contribution < 1.29 is 10.2 Å². The molecule has 2 N–H and O–H groups in total. The third-order valence-electron chi connectivity index (χ3n) is 3.52. The van der Waals surface area contributed by atoms with Crippen molar-refractivity contribution in [2.75, 3.05) is 32.8 Å². The van der Waals surface area contributed by atoms with Crippen molar-refractivity contribution in [3.05, 3.63) is 0 Å². The molecule has 4 heteroatoms. The lowest BCUT2D eigenvalue weighted by Crippen LogP contribution is -2.68. The lowest BCUT2D eigenvalue weighted by atomic mass is 9.99. The summed E-state index contributed by atoms with van der Waals surface area (Å²) in [5, 5.41) is 19.9. The van der Waals surface area contributed by atoms with E-state index in [0.717, 1.165) is 26.2 Å². The Morgan fingerprint density at radius 1 is 0.938 bits per heavy atom. The number of aliphatic hydroxyl groups excluding tert-OH is 2. The van der Waals surface area contributed by atoms with Crippen LogP contribution in [0.1, 0.15) is 34.6 Å². The molecule has 98 valence electrons. The molecule has 0 rings (SSSR count). The Balaban J connectivity index is 5.27. The van der Waals surface area contributed by atoms with Crippen LogP contribution < -0.4 is 0 Å². The summed E-state index contributed by atoms with van der Waals surface area (Å²) < 4.78 is 0. The number of hydrogen-bond donors (Lipinski definition) is 2. The van der Waals surface area contributed by atoms with E-state index in [1.165, 1.54) is 0 Å². The SMILES string of the molecule is CCN(CC)C(CO)(C(C)O)N(CC)CC. The average Bonchev–Trinajstić information content (AvgIpc) is 2.29. The van der Waals surface area contributed by atoms with Crippen molar-refractivity contribution in [2.24, 2.45) is 0 Å². The molecule has 0 aromatic heterocycles. The molecule has 0 aliphatic carbocycles. The highest BCUT2D eigenvalue weighted by Crippen LogP contribution is 2.24. The van der Waals surface area contributed by atoms with Crippen LogP contribution in [0.4, 0.5) is 0 Å². The minimum Gasteiger partial charge on any atom is -0.393 e. The Bertz CT molecular complexity index is 166. The van der Waals surface area contributed by atoms with Crippen LogP contribution in [-0.2, 0) is 0 Å². The zero-order chi connectivity index (χ0) is 12.8. The lowest BCUT2D eigenvalue weighted by molar-refractivity contribution is -0.149. The summed E-state index contributed by atoms with van der Waals surface area (Å²) in [5.41, 5.74) is -0.646. The first-order valence-corrected chi connectivity index (χ1v) is 6.33. The Hall–Kier alpha value is -0.160. The Labute approximate surface area is 99.9 Å². The molecule has 0 aromatic rings. The largest absolute Gasteiger partial charge is 0.393 e. The third kappa shape index (κ3) is 2.74. The fourth-order valence-corrected chi connectivity index (χ4v) is 2.60. The summed E-state index contributed by atoms with van der Waals surface area (Å²) in [6.45, 7) is 13.2. The van der Waals surface area contributed by atoms with Crippen molar-refractivity contribution >= 4 is 0 Å². The monoisotopic (exact) mass is 232 g/mol.